The first-order valence-electron chi connectivity index (χ1n) is 9.68. The highest BCUT2D eigenvalue weighted by molar-refractivity contribution is 7.13. The summed E-state index contributed by atoms with van der Waals surface area (Å²) in [6.07, 6.45) is 3.35. The van der Waals surface area contributed by atoms with E-state index in [1.54, 1.807) is 23.7 Å². The van der Waals surface area contributed by atoms with Crippen LogP contribution in [0.4, 0.5) is 5.13 Å². The van der Waals surface area contributed by atoms with Gasteiger partial charge in [0.2, 0.25) is 0 Å². The number of aryl methyl sites for hydroxylation is 1. The second-order valence-electron chi connectivity index (χ2n) is 6.79. The van der Waals surface area contributed by atoms with Crippen molar-refractivity contribution in [3.63, 3.8) is 0 Å². The van der Waals surface area contributed by atoms with Gasteiger partial charge in [0.25, 0.3) is 5.91 Å². The van der Waals surface area contributed by atoms with Crippen molar-refractivity contribution in [2.45, 2.75) is 6.92 Å². The Labute approximate surface area is 193 Å². The highest BCUT2D eigenvalue weighted by atomic mass is 32.1. The summed E-state index contributed by atoms with van der Waals surface area (Å²) in [4.78, 5) is 20.8. The van der Waals surface area contributed by atoms with Crippen LogP contribution in [0.3, 0.4) is 0 Å². The number of benzene rings is 2. The van der Waals surface area contributed by atoms with Crippen LogP contribution in [0.1, 0.15) is 16.1 Å². The maximum atomic E-state index is 12.1. The van der Waals surface area contributed by atoms with Gasteiger partial charge in [-0.2, -0.15) is 5.26 Å². The van der Waals surface area contributed by atoms with E-state index in [2.05, 4.69) is 21.4 Å². The lowest BCUT2D eigenvalue weighted by Crippen LogP contribution is -2.20. The minimum Gasteiger partial charge on any atom is -0.483 e. The van der Waals surface area contributed by atoms with Gasteiger partial charge < -0.3 is 4.74 Å². The first-order valence-corrected chi connectivity index (χ1v) is 11.4. The summed E-state index contributed by atoms with van der Waals surface area (Å²) in [7, 11) is 0. The van der Waals surface area contributed by atoms with E-state index in [9.17, 15) is 10.1 Å². The van der Waals surface area contributed by atoms with Gasteiger partial charge in [0, 0.05) is 28.1 Å². The number of nitrogens with one attached hydrogen (secondary N) is 1. The second kappa shape index (κ2) is 10.0. The molecule has 32 heavy (non-hydrogen) atoms. The molecule has 2 aromatic heterocycles. The molecule has 0 bridgehead atoms. The SMILES string of the molecule is Cc1ccc(-c2csc(C(C#N)=Cc3ccccc3OCC(=O)Nc3nccs3)n2)cc1. The summed E-state index contributed by atoms with van der Waals surface area (Å²) < 4.78 is 5.71. The van der Waals surface area contributed by atoms with Gasteiger partial charge in [-0.05, 0) is 19.1 Å². The van der Waals surface area contributed by atoms with E-state index >= 15 is 0 Å². The Hall–Kier alpha value is -3.80. The fraction of sp³-hybridized carbons (Fsp3) is 0.0833. The van der Waals surface area contributed by atoms with Gasteiger partial charge in [-0.1, -0.05) is 48.0 Å². The van der Waals surface area contributed by atoms with Gasteiger partial charge in [-0.15, -0.1) is 22.7 Å². The fourth-order valence-corrected chi connectivity index (χ4v) is 4.21. The van der Waals surface area contributed by atoms with Crippen molar-refractivity contribution < 1.29 is 9.53 Å². The van der Waals surface area contributed by atoms with Crippen LogP contribution in [0.5, 0.6) is 5.75 Å². The van der Waals surface area contributed by atoms with E-state index in [0.717, 1.165) is 11.3 Å². The number of carbonyl (C=O) groups is 1. The molecule has 0 fully saturated rings. The Morgan fingerprint density at radius 1 is 1.19 bits per heavy atom. The number of anilines is 1. The third-order valence-electron chi connectivity index (χ3n) is 4.46. The third kappa shape index (κ3) is 5.27. The van der Waals surface area contributed by atoms with E-state index < -0.39 is 0 Å². The number of allylic oxidation sites excluding steroid dienone is 1. The van der Waals surface area contributed by atoms with Crippen molar-refractivity contribution in [3.05, 3.63) is 81.6 Å². The van der Waals surface area contributed by atoms with E-state index in [4.69, 9.17) is 4.74 Å². The molecule has 158 valence electrons. The maximum Gasteiger partial charge on any atom is 0.264 e. The van der Waals surface area contributed by atoms with Crippen LogP contribution in [-0.4, -0.2) is 22.5 Å². The third-order valence-corrected chi connectivity index (χ3v) is 6.02. The molecular formula is C24H18N4O2S2. The lowest BCUT2D eigenvalue weighted by Gasteiger charge is -2.09. The van der Waals surface area contributed by atoms with Crippen LogP contribution in [-0.2, 0) is 4.79 Å². The first kappa shape index (κ1) is 21.4. The molecule has 2 heterocycles. The zero-order valence-corrected chi connectivity index (χ0v) is 18.7. The van der Waals surface area contributed by atoms with E-state index in [1.807, 2.05) is 54.8 Å². The van der Waals surface area contributed by atoms with Crippen molar-refractivity contribution in [2.24, 2.45) is 0 Å². The maximum absolute atomic E-state index is 12.1. The molecule has 0 aliphatic heterocycles. The van der Waals surface area contributed by atoms with Gasteiger partial charge in [-0.3, -0.25) is 10.1 Å². The van der Waals surface area contributed by atoms with E-state index in [0.29, 0.717) is 27.0 Å². The number of hydrogen-bond donors (Lipinski definition) is 1. The Morgan fingerprint density at radius 2 is 2.00 bits per heavy atom. The summed E-state index contributed by atoms with van der Waals surface area (Å²) in [5.41, 5.74) is 4.13. The molecule has 6 nitrogen and oxygen atoms in total. The fourth-order valence-electron chi connectivity index (χ4n) is 2.87. The second-order valence-corrected chi connectivity index (χ2v) is 8.54. The summed E-state index contributed by atoms with van der Waals surface area (Å²) >= 11 is 2.75. The Bertz CT molecular complexity index is 1290. The zero-order valence-electron chi connectivity index (χ0n) is 17.1. The molecule has 0 aliphatic carbocycles. The van der Waals surface area contributed by atoms with Crippen molar-refractivity contribution in [2.75, 3.05) is 11.9 Å². The molecule has 1 N–H and O–H groups in total. The molecule has 1 amide bonds. The van der Waals surface area contributed by atoms with E-state index in [1.165, 1.54) is 28.2 Å². The van der Waals surface area contributed by atoms with Crippen molar-refractivity contribution in [1.82, 2.24) is 9.97 Å². The van der Waals surface area contributed by atoms with Crippen LogP contribution >= 0.6 is 22.7 Å². The number of nitriles is 1. The van der Waals surface area contributed by atoms with Crippen LogP contribution in [0, 0.1) is 18.3 Å². The Kier molecular flexibility index (Phi) is 6.70. The molecule has 4 aromatic rings. The largest absolute Gasteiger partial charge is 0.483 e. The molecule has 8 heteroatoms. The van der Waals surface area contributed by atoms with E-state index in [-0.39, 0.29) is 12.5 Å². The standard InChI is InChI=1S/C24H18N4O2S2/c1-16-6-8-17(9-7-16)20-15-32-23(27-20)19(13-25)12-18-4-2-3-5-21(18)30-14-22(29)28-24-26-10-11-31-24/h2-12,15H,14H2,1H3,(H,26,28,29). The lowest BCUT2D eigenvalue weighted by atomic mass is 10.1. The average Bonchev–Trinajstić information content (AvgIpc) is 3.50. The minimum absolute atomic E-state index is 0.166. The number of hydrogen-bond acceptors (Lipinski definition) is 7. The molecule has 2 aromatic carbocycles. The van der Waals surface area contributed by atoms with Gasteiger partial charge in [0.1, 0.15) is 16.8 Å². The number of para-hydroxylation sites is 1. The number of thiazole rings is 2. The topological polar surface area (TPSA) is 87.9 Å². The predicted octanol–water partition coefficient (Wildman–Crippen LogP) is 5.66. The number of rotatable bonds is 7. The Balaban J connectivity index is 1.52. The lowest BCUT2D eigenvalue weighted by molar-refractivity contribution is -0.118. The number of ether oxygens (including phenoxy) is 1. The smallest absolute Gasteiger partial charge is 0.264 e. The molecule has 0 aliphatic rings. The number of aromatic nitrogens is 2. The quantitative estimate of drug-likeness (QED) is 0.361. The molecule has 4 rings (SSSR count). The van der Waals surface area contributed by atoms with Crippen molar-refractivity contribution in [3.8, 4) is 23.1 Å². The highest BCUT2D eigenvalue weighted by Crippen LogP contribution is 2.29. The predicted molar refractivity (Wildman–Crippen MR) is 128 cm³/mol. The summed E-state index contributed by atoms with van der Waals surface area (Å²) in [5, 5.41) is 17.3. The Morgan fingerprint density at radius 3 is 2.75 bits per heavy atom. The summed E-state index contributed by atoms with van der Waals surface area (Å²) in [6.45, 7) is 1.87. The highest BCUT2D eigenvalue weighted by Gasteiger charge is 2.12. The van der Waals surface area contributed by atoms with Crippen LogP contribution in [0.2, 0.25) is 0 Å². The normalized spacial score (nSPS) is 11.1. The average molecular weight is 459 g/mol. The molecule has 0 saturated carbocycles. The van der Waals surface area contributed by atoms with Gasteiger partial charge in [0.15, 0.2) is 11.7 Å². The number of carbonyl (C=O) groups excluding carboxylic acids is 1. The molecular weight excluding hydrogens is 440 g/mol. The summed E-state index contributed by atoms with van der Waals surface area (Å²) in [6, 6.07) is 17.6. The molecule has 0 spiro atoms. The first-order chi connectivity index (χ1) is 15.6. The van der Waals surface area contributed by atoms with Crippen LogP contribution in [0.25, 0.3) is 22.9 Å². The monoisotopic (exact) mass is 458 g/mol. The van der Waals surface area contributed by atoms with Crippen LogP contribution < -0.4 is 10.1 Å². The van der Waals surface area contributed by atoms with Crippen molar-refractivity contribution >= 4 is 45.4 Å². The minimum atomic E-state index is -0.304. The molecule has 0 atom stereocenters. The molecule has 0 saturated heterocycles. The summed E-state index contributed by atoms with van der Waals surface area (Å²) in [5.74, 6) is 0.201. The van der Waals surface area contributed by atoms with Gasteiger partial charge in [-0.25, -0.2) is 9.97 Å². The van der Waals surface area contributed by atoms with Gasteiger partial charge in [0.05, 0.1) is 11.3 Å². The molecule has 0 radical (unpaired) electrons. The number of amides is 1. The molecule has 0 unspecified atom stereocenters. The zero-order chi connectivity index (χ0) is 22.3. The van der Waals surface area contributed by atoms with Gasteiger partial charge >= 0.3 is 0 Å². The number of nitrogens with zero attached hydrogens (tertiary/aromatic N) is 3. The van der Waals surface area contributed by atoms with Crippen LogP contribution in [0.15, 0.2) is 65.5 Å². The van der Waals surface area contributed by atoms with Crippen molar-refractivity contribution in [1.29, 1.82) is 5.26 Å².